The monoisotopic (exact) mass is 337 g/mol. The van der Waals surface area contributed by atoms with Crippen LogP contribution >= 0.6 is 0 Å². The summed E-state index contributed by atoms with van der Waals surface area (Å²) in [6.07, 6.45) is -11.7. The zero-order chi connectivity index (χ0) is 32.2. The van der Waals surface area contributed by atoms with Crippen molar-refractivity contribution >= 4 is 0 Å². The average Bonchev–Trinajstić information content (AvgIpc) is 2.73. The highest BCUT2D eigenvalue weighted by Gasteiger charge is 2.38. The first-order valence-electron chi connectivity index (χ1n) is 15.9. The van der Waals surface area contributed by atoms with E-state index >= 15 is 0 Å². The van der Waals surface area contributed by atoms with Gasteiger partial charge >= 0.3 is 0 Å². The molecule has 4 atom stereocenters. The Morgan fingerprint density at radius 3 is 3.04 bits per heavy atom. The van der Waals surface area contributed by atoms with Crippen molar-refractivity contribution in [1.29, 1.82) is 0 Å². The van der Waals surface area contributed by atoms with E-state index in [4.69, 9.17) is 34.1 Å². The second kappa shape index (κ2) is 6.70. The number of benzene rings is 1. The van der Waals surface area contributed by atoms with Crippen molar-refractivity contribution in [3.05, 3.63) is 23.3 Å². The largest absolute Gasteiger partial charge is 0.493 e. The van der Waals surface area contributed by atoms with Crippen molar-refractivity contribution in [3.8, 4) is 11.5 Å². The van der Waals surface area contributed by atoms with E-state index in [1.807, 2.05) is 0 Å². The molecule has 4 heteroatoms. The molecule has 1 fully saturated rings. The van der Waals surface area contributed by atoms with E-state index in [1.54, 1.807) is 0 Å². The summed E-state index contributed by atoms with van der Waals surface area (Å²) < 4.78 is 155. The van der Waals surface area contributed by atoms with E-state index in [2.05, 4.69) is 0 Å². The molecule has 128 valence electrons. The fourth-order valence-corrected chi connectivity index (χ4v) is 2.74. The molecule has 3 rings (SSSR count). The van der Waals surface area contributed by atoms with Crippen LogP contribution in [0.5, 0.6) is 11.5 Å². The Kier molecular flexibility index (Phi) is 1.56. The van der Waals surface area contributed by atoms with Crippen LogP contribution in [-0.2, 0) is 6.42 Å². The Morgan fingerprint density at radius 1 is 1.52 bits per heavy atom. The number of hydrogen-bond acceptors (Lipinski definition) is 4. The summed E-state index contributed by atoms with van der Waals surface area (Å²) in [6.45, 7) is -6.99. The Morgan fingerprint density at radius 2 is 2.30 bits per heavy atom. The van der Waals surface area contributed by atoms with Crippen LogP contribution in [-0.4, -0.2) is 43.2 Å². The summed E-state index contributed by atoms with van der Waals surface area (Å²) in [5, 5.41) is 11.4. The van der Waals surface area contributed by atoms with E-state index in [1.165, 1.54) is 0 Å². The van der Waals surface area contributed by atoms with Gasteiger partial charge in [0.2, 0.25) is 0 Å². The number of methoxy groups -OCH3 is 2. The number of piperidine rings is 1. The molecule has 1 unspecified atom stereocenters. The molecule has 0 spiro atoms. The van der Waals surface area contributed by atoms with Crippen molar-refractivity contribution in [2.24, 2.45) is 11.8 Å². The highest BCUT2D eigenvalue weighted by Crippen LogP contribution is 2.43. The lowest BCUT2D eigenvalue weighted by Gasteiger charge is -2.46. The van der Waals surface area contributed by atoms with Gasteiger partial charge in [-0.3, -0.25) is 4.90 Å². The highest BCUT2D eigenvalue weighted by molar-refractivity contribution is 5.49. The Balaban J connectivity index is 2.33. The van der Waals surface area contributed by atoms with Crippen LogP contribution in [0.2, 0.25) is 0 Å². The molecule has 1 aromatic carbocycles. The number of rotatable bonds is 4. The van der Waals surface area contributed by atoms with Crippen molar-refractivity contribution in [2.45, 2.75) is 45.1 Å². The number of hydrogen-bond donors (Lipinski definition) is 1. The molecule has 0 aliphatic carbocycles. The standard InChI is InChI=1S/C19H29NO3/c1-12(2)7-14-11-20-6-5-13-8-18(22-3)19(23-4)9-15(13)16(20)10-17(14)21/h8-9,12,14,16-17,21H,5-7,10-11H2,1-4H3/t14-,16-,17+/m0/s1/i1D3,3D3,4D3,7D2,10D2,11D2,12D,14D,17D/t12?,14-,16-,17+. The predicted molar refractivity (Wildman–Crippen MR) is 91.1 cm³/mol. The summed E-state index contributed by atoms with van der Waals surface area (Å²) in [7, 11) is -6.23. The number of aliphatic hydroxyl groups is 1. The van der Waals surface area contributed by atoms with Gasteiger partial charge in [-0.25, -0.2) is 0 Å². The van der Waals surface area contributed by atoms with Gasteiger partial charge < -0.3 is 14.6 Å². The summed E-state index contributed by atoms with van der Waals surface area (Å²) in [4.78, 5) is 0.613. The maximum atomic E-state index is 11.4. The SMILES string of the molecule is [2H]C([2H])([2H])Oc1cc2c(cc1OC([2H])([2H])[2H])[C@H]1N(CC2)C([2H])([2H])[C@]([2H])(C([2H])([2H])C([2H])(C)C([2H])([2H])[2H])[C@]([2H])(O)C1([2H])[2H]. The minimum Gasteiger partial charge on any atom is -0.493 e. The quantitative estimate of drug-likeness (QED) is 0.917. The summed E-state index contributed by atoms with van der Waals surface area (Å²) in [5.74, 6) is -8.56. The van der Waals surface area contributed by atoms with Gasteiger partial charge in [-0.2, -0.15) is 0 Å². The molecule has 0 aromatic heterocycles. The summed E-state index contributed by atoms with van der Waals surface area (Å²) in [6, 6.07) is -0.137. The van der Waals surface area contributed by atoms with E-state index in [0.29, 0.717) is 11.8 Å². The van der Waals surface area contributed by atoms with E-state index in [0.717, 1.165) is 12.1 Å². The van der Waals surface area contributed by atoms with Crippen molar-refractivity contribution in [2.75, 3.05) is 27.1 Å². The number of nitrogens with zero attached hydrogens (tertiary/aromatic N) is 1. The van der Waals surface area contributed by atoms with Gasteiger partial charge in [0.05, 0.1) is 29.8 Å². The molecule has 0 saturated carbocycles. The van der Waals surface area contributed by atoms with Crippen LogP contribution in [0.25, 0.3) is 0 Å². The minimum atomic E-state index is -4.07. The number of fused-ring (bicyclic) bond motifs is 3. The zero-order valence-corrected chi connectivity index (χ0v) is 12.4. The summed E-state index contributed by atoms with van der Waals surface area (Å²) >= 11 is 0. The normalized spacial score (nSPS) is 54.6. The van der Waals surface area contributed by atoms with Crippen LogP contribution < -0.4 is 9.47 Å². The molecular weight excluding hydrogens is 290 g/mol. The van der Waals surface area contributed by atoms with Crippen LogP contribution in [0.3, 0.4) is 0 Å². The Bertz CT molecular complexity index is 1190. The van der Waals surface area contributed by atoms with Gasteiger partial charge in [0, 0.05) is 34.2 Å². The molecule has 2 aliphatic rings. The molecule has 2 heterocycles. The van der Waals surface area contributed by atoms with Gasteiger partial charge in [0.25, 0.3) is 0 Å². The Labute approximate surface area is 164 Å². The molecule has 1 saturated heterocycles. The Hall–Kier alpha value is -1.26. The van der Waals surface area contributed by atoms with Crippen molar-refractivity contribution < 1.29 is 39.3 Å². The maximum Gasteiger partial charge on any atom is 0.161 e. The van der Waals surface area contributed by atoms with E-state index in [9.17, 15) is 5.11 Å². The molecular formula is C19H29NO3. The van der Waals surface area contributed by atoms with Gasteiger partial charge in [-0.05, 0) is 54.2 Å². The van der Waals surface area contributed by atoms with Crippen LogP contribution in [0.1, 0.15) is 68.4 Å². The van der Waals surface area contributed by atoms with E-state index in [-0.39, 0.29) is 17.5 Å². The van der Waals surface area contributed by atoms with Gasteiger partial charge in [-0.15, -0.1) is 0 Å². The second-order valence-electron chi connectivity index (χ2n) is 5.28. The molecule has 0 radical (unpaired) electrons. The zero-order valence-electron chi connectivity index (χ0n) is 30.4. The van der Waals surface area contributed by atoms with Crippen molar-refractivity contribution in [3.63, 3.8) is 0 Å². The lowest BCUT2D eigenvalue weighted by Crippen LogP contribution is -2.48. The average molecular weight is 338 g/mol. The maximum absolute atomic E-state index is 11.4. The first kappa shape index (κ1) is 5.37. The molecule has 4 nitrogen and oxygen atoms in total. The second-order valence-corrected chi connectivity index (χ2v) is 5.28. The molecule has 23 heavy (non-hydrogen) atoms. The van der Waals surface area contributed by atoms with Crippen LogP contribution in [0.4, 0.5) is 0 Å². The molecule has 1 aromatic rings. The molecule has 0 bridgehead atoms. The molecule has 0 amide bonds. The predicted octanol–water partition coefficient (Wildman–Crippen LogP) is 3.03. The first-order chi connectivity index (χ1) is 17.9. The lowest BCUT2D eigenvalue weighted by atomic mass is 9.79. The lowest BCUT2D eigenvalue weighted by molar-refractivity contribution is -0.0191. The smallest absolute Gasteiger partial charge is 0.161 e. The van der Waals surface area contributed by atoms with Gasteiger partial charge in [0.15, 0.2) is 11.5 Å². The van der Waals surface area contributed by atoms with E-state index < -0.39 is 82.1 Å². The van der Waals surface area contributed by atoms with Crippen molar-refractivity contribution in [1.82, 2.24) is 4.90 Å². The third-order valence-electron chi connectivity index (χ3n) is 3.73. The topological polar surface area (TPSA) is 41.9 Å². The molecule has 2 aliphatic heterocycles. The van der Waals surface area contributed by atoms with Crippen LogP contribution in [0.15, 0.2) is 12.1 Å². The first-order valence-corrected chi connectivity index (χ1v) is 6.92. The van der Waals surface area contributed by atoms with Gasteiger partial charge in [0.1, 0.15) is 0 Å². The fraction of sp³-hybridized carbons (Fsp3) is 0.684. The van der Waals surface area contributed by atoms with Gasteiger partial charge in [-0.1, -0.05) is 13.8 Å². The third kappa shape index (κ3) is 3.20. The minimum absolute atomic E-state index is 0.0900. The summed E-state index contributed by atoms with van der Waals surface area (Å²) in [5.41, 5.74) is -0.188. The highest BCUT2D eigenvalue weighted by atomic mass is 16.5. The third-order valence-corrected chi connectivity index (χ3v) is 3.73. The number of ether oxygens (including phenoxy) is 2. The fourth-order valence-electron chi connectivity index (χ4n) is 2.74. The van der Waals surface area contributed by atoms with Crippen LogP contribution in [0, 0.1) is 11.8 Å². The molecule has 1 N–H and O–H groups in total.